The molecule has 0 saturated heterocycles. The van der Waals surface area contributed by atoms with Gasteiger partial charge in [-0.3, -0.25) is 15.0 Å². The highest BCUT2D eigenvalue weighted by atomic mass is 32.1. The molecule has 0 aliphatic rings. The lowest BCUT2D eigenvalue weighted by molar-refractivity contribution is -0.116. The summed E-state index contributed by atoms with van der Waals surface area (Å²) in [7, 11) is 0. The number of aryl methyl sites for hydroxylation is 1. The summed E-state index contributed by atoms with van der Waals surface area (Å²) in [5.74, 6) is 0.462. The number of fused-ring (bicyclic) bond motifs is 1. The predicted molar refractivity (Wildman–Crippen MR) is 120 cm³/mol. The lowest BCUT2D eigenvalue weighted by Gasteiger charge is -2.09. The summed E-state index contributed by atoms with van der Waals surface area (Å²) in [6.07, 6.45) is 1.51. The van der Waals surface area contributed by atoms with Crippen molar-refractivity contribution in [2.24, 2.45) is 0 Å². The van der Waals surface area contributed by atoms with E-state index in [1.54, 1.807) is 0 Å². The lowest BCUT2D eigenvalue weighted by atomic mass is 10.0. The molecule has 30 heavy (non-hydrogen) atoms. The minimum absolute atomic E-state index is 0.144. The Morgan fingerprint density at radius 3 is 2.57 bits per heavy atom. The fourth-order valence-corrected chi connectivity index (χ4v) is 4.37. The molecule has 0 fully saturated rings. The van der Waals surface area contributed by atoms with Crippen LogP contribution < -0.4 is 15.7 Å². The van der Waals surface area contributed by atoms with Gasteiger partial charge < -0.3 is 4.74 Å². The van der Waals surface area contributed by atoms with Crippen LogP contribution >= 0.6 is 11.3 Å². The third-order valence-corrected chi connectivity index (χ3v) is 5.71. The molecule has 1 N–H and O–H groups in total. The molecule has 0 radical (unpaired) electrons. The first-order valence-corrected chi connectivity index (χ1v) is 10.5. The number of thiophene rings is 1. The highest BCUT2D eigenvalue weighted by Gasteiger charge is 2.17. The molecular weight excluding hydrogens is 398 g/mol. The maximum absolute atomic E-state index is 13.1. The van der Waals surface area contributed by atoms with E-state index in [1.165, 1.54) is 17.7 Å². The summed E-state index contributed by atoms with van der Waals surface area (Å²) >= 11 is 1.47. The van der Waals surface area contributed by atoms with Crippen molar-refractivity contribution in [3.05, 3.63) is 81.7 Å². The highest BCUT2D eigenvalue weighted by Crippen LogP contribution is 2.35. The molecule has 4 aromatic rings. The molecule has 0 unspecified atom stereocenters. The van der Waals surface area contributed by atoms with Gasteiger partial charge in [0.05, 0.1) is 18.4 Å². The summed E-state index contributed by atoms with van der Waals surface area (Å²) in [6, 6.07) is 17.1. The van der Waals surface area contributed by atoms with Crippen LogP contribution in [-0.4, -0.2) is 22.2 Å². The van der Waals surface area contributed by atoms with Gasteiger partial charge in [-0.05, 0) is 37.1 Å². The maximum atomic E-state index is 13.1. The van der Waals surface area contributed by atoms with E-state index >= 15 is 0 Å². The van der Waals surface area contributed by atoms with E-state index in [-0.39, 0.29) is 17.9 Å². The maximum Gasteiger partial charge on any atom is 0.281 e. The number of carbonyl (C=O) groups is 1. The number of carbonyl (C=O) groups excluding carboxylic acids is 1. The summed E-state index contributed by atoms with van der Waals surface area (Å²) in [4.78, 5) is 31.7. The average Bonchev–Trinajstić information content (AvgIpc) is 3.09. The number of nitrogens with one attached hydrogen (secondary N) is 1. The van der Waals surface area contributed by atoms with Gasteiger partial charge in [-0.1, -0.05) is 42.5 Å². The molecule has 1 amide bonds. The van der Waals surface area contributed by atoms with Crippen molar-refractivity contribution in [3.63, 3.8) is 0 Å². The molecular formula is C23H21N3O3S. The van der Waals surface area contributed by atoms with Gasteiger partial charge in [0.2, 0.25) is 5.91 Å². The minimum Gasteiger partial charge on any atom is -0.494 e. The predicted octanol–water partition coefficient (Wildman–Crippen LogP) is 4.14. The van der Waals surface area contributed by atoms with Gasteiger partial charge >= 0.3 is 0 Å². The van der Waals surface area contributed by atoms with Crippen molar-refractivity contribution in [1.82, 2.24) is 9.66 Å². The average molecular weight is 420 g/mol. The zero-order valence-corrected chi connectivity index (χ0v) is 17.5. The second kappa shape index (κ2) is 8.51. The second-order valence-corrected chi connectivity index (χ2v) is 7.99. The molecule has 6 nitrogen and oxygen atoms in total. The Kier molecular flexibility index (Phi) is 5.63. The first-order valence-electron chi connectivity index (χ1n) is 9.64. The number of hydrogen-bond donors (Lipinski definition) is 1. The number of benzene rings is 2. The smallest absolute Gasteiger partial charge is 0.281 e. The zero-order valence-electron chi connectivity index (χ0n) is 16.7. The molecule has 2 aromatic carbocycles. The quantitative estimate of drug-likeness (QED) is 0.510. The Bertz CT molecular complexity index is 1240. The third kappa shape index (κ3) is 3.97. The van der Waals surface area contributed by atoms with Crippen LogP contribution in [0.15, 0.2) is 65.7 Å². The van der Waals surface area contributed by atoms with Gasteiger partial charge in [0.15, 0.2) is 0 Å². The van der Waals surface area contributed by atoms with Crippen LogP contribution in [0.1, 0.15) is 17.4 Å². The number of hydrogen-bond acceptors (Lipinski definition) is 5. The molecule has 0 spiro atoms. The van der Waals surface area contributed by atoms with Crippen molar-refractivity contribution in [1.29, 1.82) is 0 Å². The molecule has 2 heterocycles. The molecule has 0 saturated carbocycles. The van der Waals surface area contributed by atoms with E-state index in [9.17, 15) is 9.59 Å². The first-order chi connectivity index (χ1) is 14.6. The van der Waals surface area contributed by atoms with Gasteiger partial charge in [0.1, 0.15) is 16.9 Å². The Morgan fingerprint density at radius 1 is 1.13 bits per heavy atom. The van der Waals surface area contributed by atoms with E-state index in [0.717, 1.165) is 32.0 Å². The topological polar surface area (TPSA) is 73.2 Å². The summed E-state index contributed by atoms with van der Waals surface area (Å²) in [5, 5.41) is 0.521. The number of rotatable bonds is 6. The lowest BCUT2D eigenvalue weighted by Crippen LogP contribution is -2.34. The second-order valence-electron chi connectivity index (χ2n) is 6.79. The van der Waals surface area contributed by atoms with E-state index < -0.39 is 0 Å². The standard InChI is InChI=1S/C23H21N3O3S/c1-3-29-18-11-9-16(10-12-18)13-19(27)25-26-14-24-22-21(23(26)28)20(15(2)30-22)17-7-5-4-6-8-17/h4-12,14H,3,13H2,1-2H3,(H,25,27). The SMILES string of the molecule is CCOc1ccc(CC(=O)Nn2cnc3sc(C)c(-c4ccccc4)c3c2=O)cc1. The van der Waals surface area contributed by atoms with Crippen LogP contribution in [-0.2, 0) is 11.2 Å². The number of aromatic nitrogens is 2. The monoisotopic (exact) mass is 419 g/mol. The number of nitrogens with zero attached hydrogens (tertiary/aromatic N) is 2. The van der Waals surface area contributed by atoms with E-state index in [2.05, 4.69) is 10.4 Å². The van der Waals surface area contributed by atoms with Gasteiger partial charge in [-0.2, -0.15) is 0 Å². The van der Waals surface area contributed by atoms with E-state index in [4.69, 9.17) is 4.74 Å². The van der Waals surface area contributed by atoms with Gasteiger partial charge in [-0.25, -0.2) is 9.66 Å². The van der Waals surface area contributed by atoms with Crippen LogP contribution in [0.5, 0.6) is 5.75 Å². The molecule has 2 aromatic heterocycles. The normalized spacial score (nSPS) is 10.9. The van der Waals surface area contributed by atoms with Crippen molar-refractivity contribution in [3.8, 4) is 16.9 Å². The van der Waals surface area contributed by atoms with Crippen LogP contribution in [0.4, 0.5) is 0 Å². The summed E-state index contributed by atoms with van der Waals surface area (Å²) in [6.45, 7) is 4.48. The Balaban J connectivity index is 1.61. The summed E-state index contributed by atoms with van der Waals surface area (Å²) in [5.41, 5.74) is 5.02. The molecule has 152 valence electrons. The van der Waals surface area contributed by atoms with Crippen molar-refractivity contribution in [2.45, 2.75) is 20.3 Å². The fourth-order valence-electron chi connectivity index (χ4n) is 3.36. The Labute approximate surface area is 177 Å². The Morgan fingerprint density at radius 2 is 1.87 bits per heavy atom. The van der Waals surface area contributed by atoms with Crippen LogP contribution in [0.3, 0.4) is 0 Å². The Hall–Kier alpha value is -3.45. The molecule has 0 aliphatic heterocycles. The van der Waals surface area contributed by atoms with Crippen LogP contribution in [0.2, 0.25) is 0 Å². The van der Waals surface area contributed by atoms with Crippen LogP contribution in [0, 0.1) is 6.92 Å². The summed E-state index contributed by atoms with van der Waals surface area (Å²) < 4.78 is 6.58. The number of ether oxygens (including phenoxy) is 1. The van der Waals surface area contributed by atoms with Gasteiger partial charge in [0, 0.05) is 10.4 Å². The molecule has 4 rings (SSSR count). The molecule has 0 bridgehead atoms. The first kappa shape index (κ1) is 19.8. The minimum atomic E-state index is -0.296. The fraction of sp³-hybridized carbons (Fsp3) is 0.174. The van der Waals surface area contributed by atoms with Gasteiger partial charge in [0.25, 0.3) is 5.56 Å². The van der Waals surface area contributed by atoms with E-state index in [1.807, 2.05) is 68.4 Å². The van der Waals surface area contributed by atoms with Crippen molar-refractivity contribution < 1.29 is 9.53 Å². The van der Waals surface area contributed by atoms with E-state index in [0.29, 0.717) is 16.8 Å². The van der Waals surface area contributed by atoms with Crippen LogP contribution in [0.25, 0.3) is 21.3 Å². The number of amides is 1. The van der Waals surface area contributed by atoms with Gasteiger partial charge in [-0.15, -0.1) is 11.3 Å². The highest BCUT2D eigenvalue weighted by molar-refractivity contribution is 7.19. The largest absolute Gasteiger partial charge is 0.494 e. The van der Waals surface area contributed by atoms with Crippen molar-refractivity contribution in [2.75, 3.05) is 12.0 Å². The third-order valence-electron chi connectivity index (χ3n) is 4.70. The molecule has 0 aliphatic carbocycles. The molecule has 7 heteroatoms. The molecule has 0 atom stereocenters. The zero-order chi connectivity index (χ0) is 21.1. The van der Waals surface area contributed by atoms with Crippen molar-refractivity contribution >= 4 is 27.5 Å².